The predicted molar refractivity (Wildman–Crippen MR) is 83.6 cm³/mol. The topological polar surface area (TPSA) is 69.2 Å². The van der Waals surface area contributed by atoms with Crippen LogP contribution in [0.1, 0.15) is 19.4 Å². The molecule has 1 aromatic heterocycles. The van der Waals surface area contributed by atoms with Crippen molar-refractivity contribution < 1.29 is 9.47 Å². The summed E-state index contributed by atoms with van der Waals surface area (Å²) in [5.74, 6) is 0.446. The van der Waals surface area contributed by atoms with E-state index in [1.54, 1.807) is 0 Å². The van der Waals surface area contributed by atoms with Gasteiger partial charge in [0.1, 0.15) is 6.61 Å². The molecule has 0 atom stereocenters. The smallest absolute Gasteiger partial charge is 0.324 e. The van der Waals surface area contributed by atoms with Crippen LogP contribution in [0.2, 0.25) is 0 Å². The van der Waals surface area contributed by atoms with E-state index >= 15 is 0 Å². The highest BCUT2D eigenvalue weighted by molar-refractivity contribution is 9.10. The fourth-order valence-corrected chi connectivity index (χ4v) is 1.83. The Bertz CT molecular complexity index is 553. The molecular formula is C14H17BrN4O2. The lowest BCUT2D eigenvalue weighted by molar-refractivity contribution is 0.261. The van der Waals surface area contributed by atoms with Crippen molar-refractivity contribution in [1.82, 2.24) is 15.0 Å². The van der Waals surface area contributed by atoms with Gasteiger partial charge in [0.2, 0.25) is 5.95 Å². The van der Waals surface area contributed by atoms with E-state index in [0.29, 0.717) is 25.7 Å². The molecule has 0 aliphatic heterocycles. The second-order valence-electron chi connectivity index (χ2n) is 4.10. The van der Waals surface area contributed by atoms with E-state index in [9.17, 15) is 0 Å². The van der Waals surface area contributed by atoms with E-state index in [2.05, 4.69) is 36.2 Å². The molecule has 0 saturated heterocycles. The third-order valence-corrected chi connectivity index (χ3v) is 3.01. The van der Waals surface area contributed by atoms with Gasteiger partial charge in [0.05, 0.1) is 6.61 Å². The summed E-state index contributed by atoms with van der Waals surface area (Å²) in [6, 6.07) is 8.37. The summed E-state index contributed by atoms with van der Waals surface area (Å²) in [5, 5.41) is 3.02. The summed E-state index contributed by atoms with van der Waals surface area (Å²) in [4.78, 5) is 12.5. The average Bonchev–Trinajstić information content (AvgIpc) is 2.47. The molecule has 0 bridgehead atoms. The highest BCUT2D eigenvalue weighted by Gasteiger charge is 2.08. The summed E-state index contributed by atoms with van der Waals surface area (Å²) in [6.45, 7) is 5.42. The molecule has 2 rings (SSSR count). The lowest BCUT2D eigenvalue weighted by Crippen LogP contribution is -2.09. The zero-order valence-electron chi connectivity index (χ0n) is 12.0. The Morgan fingerprint density at radius 2 is 1.67 bits per heavy atom. The minimum absolute atomic E-state index is 0.243. The summed E-state index contributed by atoms with van der Waals surface area (Å²) in [5.41, 5.74) is 1.03. The van der Waals surface area contributed by atoms with Crippen LogP contribution in [0.25, 0.3) is 0 Å². The highest BCUT2D eigenvalue weighted by atomic mass is 79.9. The summed E-state index contributed by atoms with van der Waals surface area (Å²) < 4.78 is 11.9. The molecule has 7 heteroatoms. The molecule has 1 aromatic carbocycles. The average molecular weight is 353 g/mol. The number of ether oxygens (including phenoxy) is 2. The zero-order chi connectivity index (χ0) is 15.1. The number of hydrogen-bond donors (Lipinski definition) is 1. The van der Waals surface area contributed by atoms with Crippen molar-refractivity contribution in [3.8, 4) is 12.0 Å². The predicted octanol–water partition coefficient (Wildman–Crippen LogP) is 3.04. The first-order valence-corrected chi connectivity index (χ1v) is 7.50. The molecule has 1 heterocycles. The number of rotatable bonds is 7. The van der Waals surface area contributed by atoms with E-state index in [1.807, 2.05) is 38.1 Å². The van der Waals surface area contributed by atoms with Gasteiger partial charge in [0, 0.05) is 11.0 Å². The third kappa shape index (κ3) is 4.86. The van der Waals surface area contributed by atoms with Crippen LogP contribution >= 0.6 is 15.9 Å². The van der Waals surface area contributed by atoms with Gasteiger partial charge in [-0.05, 0) is 31.5 Å². The van der Waals surface area contributed by atoms with Crippen molar-refractivity contribution >= 4 is 21.9 Å². The molecule has 21 heavy (non-hydrogen) atoms. The standard InChI is InChI=1S/C14H17BrN4O2/c1-3-16-12-17-13(20-4-2)19-14(18-12)21-9-10-5-7-11(15)8-6-10/h5-8H,3-4,9H2,1-2H3,(H,16,17,18,19). The van der Waals surface area contributed by atoms with Crippen molar-refractivity contribution in [2.24, 2.45) is 0 Å². The molecule has 0 saturated carbocycles. The zero-order valence-corrected chi connectivity index (χ0v) is 13.6. The minimum Gasteiger partial charge on any atom is -0.464 e. The maximum absolute atomic E-state index is 5.61. The van der Waals surface area contributed by atoms with Gasteiger partial charge in [0.15, 0.2) is 0 Å². The molecule has 0 aliphatic carbocycles. The molecule has 0 amide bonds. The van der Waals surface area contributed by atoms with Crippen molar-refractivity contribution in [1.29, 1.82) is 0 Å². The summed E-state index contributed by atoms with van der Waals surface area (Å²) in [7, 11) is 0. The van der Waals surface area contributed by atoms with Crippen LogP contribution in [0.4, 0.5) is 5.95 Å². The van der Waals surface area contributed by atoms with Crippen molar-refractivity contribution in [2.75, 3.05) is 18.5 Å². The van der Waals surface area contributed by atoms with Gasteiger partial charge in [-0.3, -0.25) is 0 Å². The van der Waals surface area contributed by atoms with E-state index in [0.717, 1.165) is 10.0 Å². The van der Waals surface area contributed by atoms with E-state index < -0.39 is 0 Å². The number of anilines is 1. The number of benzene rings is 1. The Morgan fingerprint density at radius 1 is 1.00 bits per heavy atom. The summed E-state index contributed by atoms with van der Waals surface area (Å²) in [6.07, 6.45) is 0. The van der Waals surface area contributed by atoms with Gasteiger partial charge in [-0.15, -0.1) is 4.98 Å². The monoisotopic (exact) mass is 352 g/mol. The third-order valence-electron chi connectivity index (χ3n) is 2.48. The number of nitrogens with zero attached hydrogens (tertiary/aromatic N) is 3. The van der Waals surface area contributed by atoms with Crippen LogP contribution < -0.4 is 14.8 Å². The van der Waals surface area contributed by atoms with E-state index in [1.165, 1.54) is 0 Å². The van der Waals surface area contributed by atoms with Gasteiger partial charge < -0.3 is 14.8 Å². The lowest BCUT2D eigenvalue weighted by Gasteiger charge is -2.09. The molecule has 6 nitrogen and oxygen atoms in total. The second-order valence-corrected chi connectivity index (χ2v) is 5.02. The van der Waals surface area contributed by atoms with Crippen LogP contribution in [0.3, 0.4) is 0 Å². The first-order chi connectivity index (χ1) is 10.2. The molecule has 2 aromatic rings. The number of hydrogen-bond acceptors (Lipinski definition) is 6. The Balaban J connectivity index is 2.08. The normalized spacial score (nSPS) is 10.2. The molecule has 112 valence electrons. The fourth-order valence-electron chi connectivity index (χ4n) is 1.56. The Labute approximate surface area is 132 Å². The first kappa shape index (κ1) is 15.5. The van der Waals surface area contributed by atoms with Crippen LogP contribution in [0, 0.1) is 0 Å². The molecule has 0 spiro atoms. The van der Waals surface area contributed by atoms with Gasteiger partial charge in [0.25, 0.3) is 0 Å². The molecule has 0 fully saturated rings. The Kier molecular flexibility index (Phi) is 5.74. The van der Waals surface area contributed by atoms with Crippen LogP contribution in [0.15, 0.2) is 28.7 Å². The van der Waals surface area contributed by atoms with Gasteiger partial charge in [-0.1, -0.05) is 28.1 Å². The van der Waals surface area contributed by atoms with Crippen LogP contribution in [-0.2, 0) is 6.61 Å². The number of nitrogens with one attached hydrogen (secondary N) is 1. The molecule has 1 N–H and O–H groups in total. The van der Waals surface area contributed by atoms with Crippen molar-refractivity contribution in [3.63, 3.8) is 0 Å². The van der Waals surface area contributed by atoms with Gasteiger partial charge in [-0.2, -0.15) is 9.97 Å². The number of aromatic nitrogens is 3. The summed E-state index contributed by atoms with van der Waals surface area (Å²) >= 11 is 3.40. The van der Waals surface area contributed by atoms with Gasteiger partial charge >= 0.3 is 12.0 Å². The molecular weight excluding hydrogens is 336 g/mol. The van der Waals surface area contributed by atoms with E-state index in [4.69, 9.17) is 9.47 Å². The van der Waals surface area contributed by atoms with Gasteiger partial charge in [-0.25, -0.2) is 0 Å². The van der Waals surface area contributed by atoms with Crippen LogP contribution in [-0.4, -0.2) is 28.1 Å². The molecule has 0 radical (unpaired) electrons. The largest absolute Gasteiger partial charge is 0.464 e. The fraction of sp³-hybridized carbons (Fsp3) is 0.357. The maximum atomic E-state index is 5.61. The number of halogens is 1. The van der Waals surface area contributed by atoms with Crippen LogP contribution in [0.5, 0.6) is 12.0 Å². The maximum Gasteiger partial charge on any atom is 0.324 e. The minimum atomic E-state index is 0.243. The Morgan fingerprint density at radius 3 is 2.29 bits per heavy atom. The van der Waals surface area contributed by atoms with Crippen molar-refractivity contribution in [2.45, 2.75) is 20.5 Å². The van der Waals surface area contributed by atoms with Crippen molar-refractivity contribution in [3.05, 3.63) is 34.3 Å². The quantitative estimate of drug-likeness (QED) is 0.825. The van der Waals surface area contributed by atoms with E-state index in [-0.39, 0.29) is 12.0 Å². The Hall–Kier alpha value is -1.89. The SMILES string of the molecule is CCNc1nc(OCC)nc(OCc2ccc(Br)cc2)n1. The lowest BCUT2D eigenvalue weighted by atomic mass is 10.2. The molecule has 0 unspecified atom stereocenters. The second kappa shape index (κ2) is 7.78. The molecule has 0 aliphatic rings. The highest BCUT2D eigenvalue weighted by Crippen LogP contribution is 2.15. The first-order valence-electron chi connectivity index (χ1n) is 6.71.